The number of urea groups is 1. The second-order valence-electron chi connectivity index (χ2n) is 4.46. The van der Waals surface area contributed by atoms with Gasteiger partial charge < -0.3 is 10.6 Å². The number of sulfonamides is 1. The molecule has 0 saturated heterocycles. The van der Waals surface area contributed by atoms with Crippen molar-refractivity contribution in [3.63, 3.8) is 0 Å². The molecule has 2 aromatic rings. The molecule has 10 heteroatoms. The van der Waals surface area contributed by atoms with Crippen molar-refractivity contribution in [3.05, 3.63) is 58.6 Å². The molecule has 2 rings (SSSR count). The number of nitrogens with zero attached hydrogens (tertiary/aromatic N) is 1. The van der Waals surface area contributed by atoms with Gasteiger partial charge in [-0.2, -0.15) is 0 Å². The predicted molar refractivity (Wildman–Crippen MR) is 83.6 cm³/mol. The number of benzene rings is 2. The molecule has 2 amide bonds. The molecule has 0 bridgehead atoms. The van der Waals surface area contributed by atoms with E-state index in [2.05, 4.69) is 10.6 Å². The smallest absolute Gasteiger partial charge is 0.308 e. The molecular weight excluding hydrogens is 324 g/mol. The van der Waals surface area contributed by atoms with Gasteiger partial charge in [-0.25, -0.2) is 18.4 Å². The number of carbonyl (C=O) groups excluding carboxylic acids is 1. The van der Waals surface area contributed by atoms with Crippen LogP contribution in [0.4, 0.5) is 21.9 Å². The lowest BCUT2D eigenvalue weighted by Crippen LogP contribution is -2.20. The summed E-state index contributed by atoms with van der Waals surface area (Å²) < 4.78 is 22.5. The van der Waals surface area contributed by atoms with E-state index in [0.717, 1.165) is 0 Å². The molecule has 0 radical (unpaired) electrons. The quantitative estimate of drug-likeness (QED) is 0.576. The van der Waals surface area contributed by atoms with Crippen LogP contribution in [0, 0.1) is 10.1 Å². The SMILES string of the molecule is NS(=O)(=O)c1cccc(NC(=O)Nc2ccc([N+](=O)[O-])cc2)c1. The van der Waals surface area contributed by atoms with Crippen molar-refractivity contribution in [2.45, 2.75) is 4.90 Å². The summed E-state index contributed by atoms with van der Waals surface area (Å²) in [6.07, 6.45) is 0. The van der Waals surface area contributed by atoms with Gasteiger partial charge in [0.05, 0.1) is 9.82 Å². The Kier molecular flexibility index (Phi) is 4.57. The molecule has 0 aromatic heterocycles. The first-order valence-corrected chi connectivity index (χ1v) is 7.76. The van der Waals surface area contributed by atoms with Crippen LogP contribution in [0.15, 0.2) is 53.4 Å². The molecule has 9 nitrogen and oxygen atoms in total. The summed E-state index contributed by atoms with van der Waals surface area (Å²) in [5.41, 5.74) is 0.475. The van der Waals surface area contributed by atoms with E-state index < -0.39 is 21.0 Å². The first kappa shape index (κ1) is 16.4. The summed E-state index contributed by atoms with van der Waals surface area (Å²) in [6.45, 7) is 0. The van der Waals surface area contributed by atoms with Crippen molar-refractivity contribution >= 4 is 33.1 Å². The second kappa shape index (κ2) is 6.42. The molecule has 4 N–H and O–H groups in total. The highest BCUT2D eigenvalue weighted by Gasteiger charge is 2.10. The number of amides is 2. The van der Waals surface area contributed by atoms with E-state index in [-0.39, 0.29) is 16.3 Å². The van der Waals surface area contributed by atoms with Gasteiger partial charge in [-0.05, 0) is 30.3 Å². The highest BCUT2D eigenvalue weighted by Crippen LogP contribution is 2.17. The Morgan fingerprint density at radius 1 is 1.04 bits per heavy atom. The van der Waals surface area contributed by atoms with Crippen molar-refractivity contribution in [1.29, 1.82) is 0 Å². The molecule has 0 unspecified atom stereocenters. The van der Waals surface area contributed by atoms with Crippen LogP contribution in [0.1, 0.15) is 0 Å². The van der Waals surface area contributed by atoms with Gasteiger partial charge in [-0.1, -0.05) is 6.07 Å². The van der Waals surface area contributed by atoms with Crippen LogP contribution < -0.4 is 15.8 Å². The average Bonchev–Trinajstić information content (AvgIpc) is 2.47. The van der Waals surface area contributed by atoms with E-state index in [1.807, 2.05) is 0 Å². The molecule has 2 aromatic carbocycles. The van der Waals surface area contributed by atoms with Crippen LogP contribution in [0.25, 0.3) is 0 Å². The number of nitrogens with one attached hydrogen (secondary N) is 2. The molecule has 23 heavy (non-hydrogen) atoms. The number of nitrogens with two attached hydrogens (primary N) is 1. The minimum Gasteiger partial charge on any atom is -0.308 e. The molecular formula is C13H12N4O5S. The third kappa shape index (κ3) is 4.49. The third-order valence-corrected chi connectivity index (χ3v) is 3.67. The lowest BCUT2D eigenvalue weighted by molar-refractivity contribution is -0.384. The number of anilines is 2. The molecule has 0 aliphatic heterocycles. The molecule has 0 atom stereocenters. The molecule has 120 valence electrons. The van der Waals surface area contributed by atoms with Crippen LogP contribution in [0.5, 0.6) is 0 Å². The van der Waals surface area contributed by atoms with Crippen LogP contribution >= 0.6 is 0 Å². The summed E-state index contributed by atoms with van der Waals surface area (Å²) in [5.74, 6) is 0. The Balaban J connectivity index is 2.06. The molecule has 0 aliphatic rings. The summed E-state index contributed by atoms with van der Waals surface area (Å²) in [7, 11) is -3.87. The van der Waals surface area contributed by atoms with E-state index in [0.29, 0.717) is 5.69 Å². The summed E-state index contributed by atoms with van der Waals surface area (Å²) >= 11 is 0. The Morgan fingerprint density at radius 2 is 1.65 bits per heavy atom. The summed E-state index contributed by atoms with van der Waals surface area (Å²) in [6, 6.07) is 10.0. The molecule has 0 heterocycles. The number of primary sulfonamides is 1. The number of carbonyl (C=O) groups is 1. The lowest BCUT2D eigenvalue weighted by Gasteiger charge is -2.08. The van der Waals surface area contributed by atoms with Crippen molar-refractivity contribution in [2.24, 2.45) is 5.14 Å². The Labute approximate surface area is 131 Å². The topological polar surface area (TPSA) is 144 Å². The van der Waals surface area contributed by atoms with Gasteiger partial charge in [-0.15, -0.1) is 0 Å². The zero-order valence-corrected chi connectivity index (χ0v) is 12.4. The van der Waals surface area contributed by atoms with Crippen LogP contribution in [-0.4, -0.2) is 19.4 Å². The van der Waals surface area contributed by atoms with Crippen LogP contribution in [0.2, 0.25) is 0 Å². The first-order valence-electron chi connectivity index (χ1n) is 6.21. The maximum Gasteiger partial charge on any atom is 0.323 e. The average molecular weight is 336 g/mol. The maximum absolute atomic E-state index is 11.8. The van der Waals surface area contributed by atoms with Crippen LogP contribution in [-0.2, 0) is 10.0 Å². The standard InChI is InChI=1S/C13H12N4O5S/c14-23(21,22)12-3-1-2-10(8-12)16-13(18)15-9-4-6-11(7-5-9)17(19)20/h1-8H,(H2,14,21,22)(H2,15,16,18). The normalized spacial score (nSPS) is 10.8. The van der Waals surface area contributed by atoms with Gasteiger partial charge in [0.2, 0.25) is 10.0 Å². The van der Waals surface area contributed by atoms with Gasteiger partial charge in [-0.3, -0.25) is 10.1 Å². The Morgan fingerprint density at radius 3 is 2.22 bits per heavy atom. The second-order valence-corrected chi connectivity index (χ2v) is 6.02. The largest absolute Gasteiger partial charge is 0.323 e. The third-order valence-electron chi connectivity index (χ3n) is 2.76. The van der Waals surface area contributed by atoms with Crippen molar-refractivity contribution in [1.82, 2.24) is 0 Å². The molecule has 0 aliphatic carbocycles. The highest BCUT2D eigenvalue weighted by atomic mass is 32.2. The zero-order valence-electron chi connectivity index (χ0n) is 11.6. The van der Waals surface area contributed by atoms with Crippen LogP contribution in [0.3, 0.4) is 0 Å². The molecule has 0 spiro atoms. The number of hydrogen-bond acceptors (Lipinski definition) is 5. The highest BCUT2D eigenvalue weighted by molar-refractivity contribution is 7.89. The lowest BCUT2D eigenvalue weighted by atomic mass is 10.3. The number of hydrogen-bond donors (Lipinski definition) is 3. The van der Waals surface area contributed by atoms with E-state index in [1.165, 1.54) is 48.5 Å². The van der Waals surface area contributed by atoms with E-state index in [9.17, 15) is 23.3 Å². The number of nitro benzene ring substituents is 1. The van der Waals surface area contributed by atoms with Crippen molar-refractivity contribution in [2.75, 3.05) is 10.6 Å². The number of nitro groups is 1. The summed E-state index contributed by atoms with van der Waals surface area (Å²) in [4.78, 5) is 21.7. The fourth-order valence-corrected chi connectivity index (χ4v) is 2.27. The van der Waals surface area contributed by atoms with Gasteiger partial charge in [0, 0.05) is 23.5 Å². The van der Waals surface area contributed by atoms with Gasteiger partial charge >= 0.3 is 6.03 Å². The monoisotopic (exact) mass is 336 g/mol. The minimum atomic E-state index is -3.87. The van der Waals surface area contributed by atoms with E-state index >= 15 is 0 Å². The number of non-ortho nitro benzene ring substituents is 1. The number of rotatable bonds is 4. The minimum absolute atomic E-state index is 0.100. The van der Waals surface area contributed by atoms with Gasteiger partial charge in [0.25, 0.3) is 5.69 Å². The predicted octanol–water partition coefficient (Wildman–Crippen LogP) is 1.89. The van der Waals surface area contributed by atoms with Crippen molar-refractivity contribution < 1.29 is 18.1 Å². The fourth-order valence-electron chi connectivity index (χ4n) is 1.71. The Bertz CT molecular complexity index is 849. The first-order chi connectivity index (χ1) is 10.8. The van der Waals surface area contributed by atoms with E-state index in [4.69, 9.17) is 5.14 Å². The Hall–Kier alpha value is -2.98. The van der Waals surface area contributed by atoms with Gasteiger partial charge in [0.1, 0.15) is 0 Å². The maximum atomic E-state index is 11.8. The van der Waals surface area contributed by atoms with Gasteiger partial charge in [0.15, 0.2) is 0 Å². The summed E-state index contributed by atoms with van der Waals surface area (Å²) in [5, 5.41) is 20.4. The zero-order chi connectivity index (χ0) is 17.0. The van der Waals surface area contributed by atoms with Crippen molar-refractivity contribution in [3.8, 4) is 0 Å². The molecule has 0 fully saturated rings. The fraction of sp³-hybridized carbons (Fsp3) is 0. The van der Waals surface area contributed by atoms with E-state index in [1.54, 1.807) is 0 Å². The molecule has 0 saturated carbocycles.